The minimum atomic E-state index is -0.228. The fourth-order valence-electron chi connectivity index (χ4n) is 1.89. The molecule has 7 nitrogen and oxygen atoms in total. The van der Waals surface area contributed by atoms with Crippen LogP contribution in [0.15, 0.2) is 23.3 Å². The normalized spacial score (nSPS) is 10.7. The minimum absolute atomic E-state index is 0.00234. The molecule has 0 fully saturated rings. The Morgan fingerprint density at radius 2 is 1.87 bits per heavy atom. The van der Waals surface area contributed by atoms with Crippen LogP contribution in [-0.4, -0.2) is 35.4 Å². The van der Waals surface area contributed by atoms with Crippen molar-refractivity contribution in [1.29, 1.82) is 0 Å². The van der Waals surface area contributed by atoms with Gasteiger partial charge in [0.15, 0.2) is 0 Å². The van der Waals surface area contributed by atoms with Crippen LogP contribution in [0, 0.1) is 0 Å². The van der Waals surface area contributed by atoms with Crippen molar-refractivity contribution in [3.05, 3.63) is 23.8 Å². The van der Waals surface area contributed by atoms with Gasteiger partial charge >= 0.3 is 5.97 Å². The first kappa shape index (κ1) is 18.5. The Kier molecular flexibility index (Phi) is 8.20. The van der Waals surface area contributed by atoms with Crippen molar-refractivity contribution in [2.24, 2.45) is 5.10 Å². The number of phenols is 2. The monoisotopic (exact) mass is 322 g/mol. The van der Waals surface area contributed by atoms with Gasteiger partial charge in [-0.2, -0.15) is 5.10 Å². The van der Waals surface area contributed by atoms with Crippen LogP contribution in [-0.2, 0) is 14.3 Å². The summed E-state index contributed by atoms with van der Waals surface area (Å²) in [7, 11) is 1.36. The number of nitrogens with zero attached hydrogens (tertiary/aromatic N) is 1. The lowest BCUT2D eigenvalue weighted by Gasteiger charge is -2.02. The Bertz CT molecular complexity index is 557. The molecule has 1 rings (SSSR count). The van der Waals surface area contributed by atoms with Gasteiger partial charge in [0.25, 0.3) is 0 Å². The molecule has 0 bridgehead atoms. The lowest BCUT2D eigenvalue weighted by Crippen LogP contribution is -2.16. The highest BCUT2D eigenvalue weighted by Crippen LogP contribution is 2.19. The van der Waals surface area contributed by atoms with E-state index in [4.69, 9.17) is 0 Å². The van der Waals surface area contributed by atoms with Gasteiger partial charge < -0.3 is 14.9 Å². The molecule has 0 atom stereocenters. The molecular formula is C16H22N2O5. The fourth-order valence-corrected chi connectivity index (χ4v) is 1.89. The molecule has 0 spiro atoms. The number of methoxy groups -OCH3 is 1. The van der Waals surface area contributed by atoms with Crippen LogP contribution in [0.5, 0.6) is 11.5 Å². The van der Waals surface area contributed by atoms with Crippen molar-refractivity contribution in [3.63, 3.8) is 0 Å². The van der Waals surface area contributed by atoms with Gasteiger partial charge in [-0.15, -0.1) is 0 Å². The summed E-state index contributed by atoms with van der Waals surface area (Å²) in [5, 5.41) is 22.6. The zero-order valence-electron chi connectivity index (χ0n) is 13.1. The van der Waals surface area contributed by atoms with Gasteiger partial charge in [-0.3, -0.25) is 9.59 Å². The number of carbonyl (C=O) groups is 2. The summed E-state index contributed by atoms with van der Waals surface area (Å²) in [5.41, 5.74) is 2.67. The topological polar surface area (TPSA) is 108 Å². The molecule has 23 heavy (non-hydrogen) atoms. The third-order valence-corrected chi connectivity index (χ3v) is 3.17. The van der Waals surface area contributed by atoms with Crippen LogP contribution in [0.25, 0.3) is 0 Å². The number of unbranched alkanes of at least 4 members (excludes halogenated alkanes) is 3. The van der Waals surface area contributed by atoms with Gasteiger partial charge in [0, 0.05) is 18.4 Å². The predicted octanol–water partition coefficient (Wildman–Crippen LogP) is 2.06. The van der Waals surface area contributed by atoms with Gasteiger partial charge in [0.2, 0.25) is 5.91 Å². The fraction of sp³-hybridized carbons (Fsp3) is 0.438. The average molecular weight is 322 g/mol. The van der Waals surface area contributed by atoms with Crippen molar-refractivity contribution in [2.45, 2.75) is 38.5 Å². The van der Waals surface area contributed by atoms with E-state index in [9.17, 15) is 19.8 Å². The summed E-state index contributed by atoms with van der Waals surface area (Å²) in [5.74, 6) is -0.477. The van der Waals surface area contributed by atoms with E-state index in [1.165, 1.54) is 31.5 Å². The van der Waals surface area contributed by atoms with Crippen LogP contribution in [0.3, 0.4) is 0 Å². The molecule has 0 saturated heterocycles. The van der Waals surface area contributed by atoms with E-state index in [1.807, 2.05) is 0 Å². The number of phenolic OH excluding ortho intramolecular Hbond substituents is 2. The van der Waals surface area contributed by atoms with Crippen LogP contribution in [0.1, 0.15) is 44.1 Å². The number of hydrogen-bond acceptors (Lipinski definition) is 6. The average Bonchev–Trinajstić information content (AvgIpc) is 2.53. The second kappa shape index (κ2) is 10.2. The van der Waals surface area contributed by atoms with E-state index in [2.05, 4.69) is 15.3 Å². The maximum Gasteiger partial charge on any atom is 0.305 e. The first-order valence-corrected chi connectivity index (χ1v) is 7.43. The van der Waals surface area contributed by atoms with Gasteiger partial charge in [0.1, 0.15) is 11.5 Å². The van der Waals surface area contributed by atoms with Crippen molar-refractivity contribution < 1.29 is 24.5 Å². The molecule has 7 heteroatoms. The molecule has 3 N–H and O–H groups in total. The summed E-state index contributed by atoms with van der Waals surface area (Å²) < 4.78 is 4.54. The van der Waals surface area contributed by atoms with Gasteiger partial charge in [-0.25, -0.2) is 5.43 Å². The lowest BCUT2D eigenvalue weighted by atomic mass is 10.1. The number of amides is 1. The smallest absolute Gasteiger partial charge is 0.305 e. The Labute approximate surface area is 135 Å². The van der Waals surface area contributed by atoms with Crippen LogP contribution in [0.4, 0.5) is 0 Å². The van der Waals surface area contributed by atoms with Crippen molar-refractivity contribution in [2.75, 3.05) is 7.11 Å². The molecule has 1 aromatic rings. The summed E-state index contributed by atoms with van der Waals surface area (Å²) >= 11 is 0. The Morgan fingerprint density at radius 3 is 2.57 bits per heavy atom. The van der Waals surface area contributed by atoms with E-state index < -0.39 is 0 Å². The number of carbonyl (C=O) groups excluding carboxylic acids is 2. The minimum Gasteiger partial charge on any atom is -0.508 e. The number of rotatable bonds is 9. The number of aromatic hydroxyl groups is 2. The maximum absolute atomic E-state index is 11.6. The van der Waals surface area contributed by atoms with Gasteiger partial charge in [0.05, 0.1) is 13.3 Å². The zero-order chi connectivity index (χ0) is 17.1. The van der Waals surface area contributed by atoms with Crippen LogP contribution < -0.4 is 5.43 Å². The summed E-state index contributed by atoms with van der Waals surface area (Å²) in [6.07, 6.45) is 5.18. The number of benzene rings is 1. The largest absolute Gasteiger partial charge is 0.508 e. The first-order valence-electron chi connectivity index (χ1n) is 7.43. The zero-order valence-corrected chi connectivity index (χ0v) is 13.1. The van der Waals surface area contributed by atoms with E-state index in [1.54, 1.807) is 0 Å². The Hall–Kier alpha value is -2.57. The quantitative estimate of drug-likeness (QED) is 0.212. The van der Waals surface area contributed by atoms with Crippen molar-refractivity contribution in [1.82, 2.24) is 5.43 Å². The number of nitrogens with one attached hydrogen (secondary N) is 1. The number of ether oxygens (including phenoxy) is 1. The highest BCUT2D eigenvalue weighted by atomic mass is 16.5. The SMILES string of the molecule is COC(=O)CCCCCCC(=O)N/N=C/c1cc(O)ccc1O. The van der Waals surface area contributed by atoms with E-state index >= 15 is 0 Å². The van der Waals surface area contributed by atoms with Gasteiger partial charge in [-0.05, 0) is 31.0 Å². The third kappa shape index (κ3) is 7.85. The summed E-state index contributed by atoms with van der Waals surface area (Å²) in [6, 6.07) is 4.03. The maximum atomic E-state index is 11.6. The predicted molar refractivity (Wildman–Crippen MR) is 85.2 cm³/mol. The van der Waals surface area contributed by atoms with Gasteiger partial charge in [-0.1, -0.05) is 12.8 Å². The molecule has 1 aromatic carbocycles. The van der Waals surface area contributed by atoms with E-state index in [-0.39, 0.29) is 23.4 Å². The summed E-state index contributed by atoms with van der Waals surface area (Å²) in [6.45, 7) is 0. The standard InChI is InChI=1S/C16H22N2O5/c1-23-16(22)7-5-3-2-4-6-15(21)18-17-11-12-10-13(19)8-9-14(12)20/h8-11,19-20H,2-7H2,1H3,(H,18,21)/b17-11+. The highest BCUT2D eigenvalue weighted by molar-refractivity contribution is 5.85. The molecule has 0 saturated carbocycles. The molecule has 0 radical (unpaired) electrons. The van der Waals surface area contributed by atoms with Crippen LogP contribution >= 0.6 is 0 Å². The van der Waals surface area contributed by atoms with Crippen molar-refractivity contribution >= 4 is 18.1 Å². The summed E-state index contributed by atoms with van der Waals surface area (Å²) in [4.78, 5) is 22.5. The van der Waals surface area contributed by atoms with Crippen LogP contribution in [0.2, 0.25) is 0 Å². The molecule has 0 unspecified atom stereocenters. The molecule has 1 amide bonds. The molecular weight excluding hydrogens is 300 g/mol. The van der Waals surface area contributed by atoms with Crippen molar-refractivity contribution in [3.8, 4) is 11.5 Å². The lowest BCUT2D eigenvalue weighted by molar-refractivity contribution is -0.140. The Morgan fingerprint density at radius 1 is 1.17 bits per heavy atom. The Balaban J connectivity index is 2.18. The molecule has 0 heterocycles. The molecule has 0 aliphatic carbocycles. The molecule has 126 valence electrons. The number of hydrazone groups is 1. The second-order valence-corrected chi connectivity index (χ2v) is 5.03. The van der Waals surface area contributed by atoms with E-state index in [0.29, 0.717) is 24.8 Å². The second-order valence-electron chi connectivity index (χ2n) is 5.03. The third-order valence-electron chi connectivity index (χ3n) is 3.17. The molecule has 0 aliphatic rings. The molecule has 0 aromatic heterocycles. The van der Waals surface area contributed by atoms with E-state index in [0.717, 1.165) is 19.3 Å². The first-order chi connectivity index (χ1) is 11.0. The number of hydrogen-bond donors (Lipinski definition) is 3. The molecule has 0 aliphatic heterocycles. The number of esters is 1. The highest BCUT2D eigenvalue weighted by Gasteiger charge is 2.03.